The average Bonchev–Trinajstić information content (AvgIpc) is 3.23. The van der Waals surface area contributed by atoms with E-state index in [0.717, 1.165) is 28.0 Å². The topological polar surface area (TPSA) is 97.8 Å². The fourth-order valence-electron chi connectivity index (χ4n) is 3.37. The molecule has 0 bridgehead atoms. The Morgan fingerprint density at radius 3 is 2.59 bits per heavy atom. The SMILES string of the molecule is C[C@@H](CC(=N)C(=O)c1ccc(Nc2cncc(-c3cc4ccccc4[nH]3)n2)cc1)N(C)C. The monoisotopic (exact) mass is 426 g/mol. The number of carbonyl (C=O) groups is 1. The van der Waals surface area contributed by atoms with Crippen LogP contribution in [0.2, 0.25) is 0 Å². The van der Waals surface area contributed by atoms with Gasteiger partial charge in [0.25, 0.3) is 0 Å². The molecule has 2 aromatic carbocycles. The van der Waals surface area contributed by atoms with Crippen LogP contribution in [-0.2, 0) is 0 Å². The molecule has 0 fully saturated rings. The van der Waals surface area contributed by atoms with Crippen molar-refractivity contribution in [2.75, 3.05) is 19.4 Å². The number of Topliss-reactive ketones (excluding diaryl/α,β-unsaturated/α-hetero) is 1. The first kappa shape index (κ1) is 21.4. The highest BCUT2D eigenvalue weighted by Gasteiger charge is 2.16. The van der Waals surface area contributed by atoms with E-state index >= 15 is 0 Å². The molecule has 0 saturated carbocycles. The molecule has 3 N–H and O–H groups in total. The van der Waals surface area contributed by atoms with Gasteiger partial charge in [-0.25, -0.2) is 4.98 Å². The second-order valence-electron chi connectivity index (χ2n) is 8.09. The number of hydrogen-bond acceptors (Lipinski definition) is 6. The molecule has 7 heteroatoms. The van der Waals surface area contributed by atoms with Crippen LogP contribution in [0.15, 0.2) is 67.0 Å². The van der Waals surface area contributed by atoms with Gasteiger partial charge in [0.15, 0.2) is 0 Å². The van der Waals surface area contributed by atoms with E-state index in [1.807, 2.05) is 56.3 Å². The molecule has 0 aliphatic rings. The van der Waals surface area contributed by atoms with Crippen LogP contribution in [0.3, 0.4) is 0 Å². The standard InChI is InChI=1S/C25H26N6O/c1-16(31(2)3)12-20(26)25(32)17-8-10-19(11-9-17)28-24-15-27-14-23(30-24)22-13-18-6-4-5-7-21(18)29-22/h4-11,13-16,26,29H,12H2,1-3H3,(H,28,30)/t16-/m0/s1. The minimum atomic E-state index is -0.245. The third-order valence-electron chi connectivity index (χ3n) is 5.52. The number of benzene rings is 2. The van der Waals surface area contributed by atoms with Crippen molar-refractivity contribution in [1.82, 2.24) is 19.9 Å². The number of H-pyrrole nitrogens is 1. The summed E-state index contributed by atoms with van der Waals surface area (Å²) in [6, 6.07) is 17.3. The van der Waals surface area contributed by atoms with Gasteiger partial charge in [-0.15, -0.1) is 0 Å². The molecule has 0 spiro atoms. The van der Waals surface area contributed by atoms with Gasteiger partial charge in [-0.05, 0) is 57.4 Å². The van der Waals surface area contributed by atoms with E-state index in [1.165, 1.54) is 0 Å². The molecule has 0 radical (unpaired) electrons. The average molecular weight is 427 g/mol. The largest absolute Gasteiger partial charge is 0.353 e. The molecule has 0 saturated heterocycles. The summed E-state index contributed by atoms with van der Waals surface area (Å²) in [5.41, 5.74) is 4.09. The maximum Gasteiger partial charge on any atom is 0.206 e. The Kier molecular flexibility index (Phi) is 6.09. The molecular weight excluding hydrogens is 400 g/mol. The smallest absolute Gasteiger partial charge is 0.206 e. The summed E-state index contributed by atoms with van der Waals surface area (Å²) in [7, 11) is 3.89. The van der Waals surface area contributed by atoms with Crippen molar-refractivity contribution in [2.45, 2.75) is 19.4 Å². The van der Waals surface area contributed by atoms with Crippen molar-refractivity contribution in [3.8, 4) is 11.4 Å². The number of nitrogens with zero attached hydrogens (tertiary/aromatic N) is 3. The number of nitrogens with one attached hydrogen (secondary N) is 3. The number of aromatic amines is 1. The van der Waals surface area contributed by atoms with Gasteiger partial charge in [0.05, 0.1) is 23.8 Å². The lowest BCUT2D eigenvalue weighted by Crippen LogP contribution is -2.29. The maximum absolute atomic E-state index is 12.6. The van der Waals surface area contributed by atoms with E-state index in [-0.39, 0.29) is 17.5 Å². The number of aromatic nitrogens is 3. The van der Waals surface area contributed by atoms with Gasteiger partial charge in [0.2, 0.25) is 5.78 Å². The Morgan fingerprint density at radius 2 is 1.88 bits per heavy atom. The van der Waals surface area contributed by atoms with E-state index in [4.69, 9.17) is 5.41 Å². The van der Waals surface area contributed by atoms with E-state index in [0.29, 0.717) is 17.8 Å². The molecule has 0 aliphatic carbocycles. The summed E-state index contributed by atoms with van der Waals surface area (Å²) in [5.74, 6) is 0.360. The first-order chi connectivity index (χ1) is 15.4. The molecule has 4 rings (SSSR count). The summed E-state index contributed by atoms with van der Waals surface area (Å²) < 4.78 is 0. The lowest BCUT2D eigenvalue weighted by atomic mass is 10.0. The zero-order valence-corrected chi connectivity index (χ0v) is 18.4. The minimum absolute atomic E-state index is 0.115. The lowest BCUT2D eigenvalue weighted by molar-refractivity contribution is 0.106. The van der Waals surface area contributed by atoms with Crippen LogP contribution in [0.4, 0.5) is 11.5 Å². The molecule has 162 valence electrons. The van der Waals surface area contributed by atoms with E-state index in [2.05, 4.69) is 32.4 Å². The van der Waals surface area contributed by atoms with Crippen LogP contribution in [0, 0.1) is 5.41 Å². The van der Waals surface area contributed by atoms with Gasteiger partial charge >= 0.3 is 0 Å². The molecule has 32 heavy (non-hydrogen) atoms. The minimum Gasteiger partial charge on any atom is -0.353 e. The number of hydrogen-bond donors (Lipinski definition) is 3. The summed E-state index contributed by atoms with van der Waals surface area (Å²) >= 11 is 0. The summed E-state index contributed by atoms with van der Waals surface area (Å²) in [4.78, 5) is 26.9. The van der Waals surface area contributed by atoms with Crippen LogP contribution in [-0.4, -0.2) is 51.5 Å². The Hall–Kier alpha value is -3.84. The van der Waals surface area contributed by atoms with Crippen molar-refractivity contribution in [1.29, 1.82) is 5.41 Å². The molecule has 7 nitrogen and oxygen atoms in total. The molecule has 2 heterocycles. The number of fused-ring (bicyclic) bond motifs is 1. The predicted molar refractivity (Wildman–Crippen MR) is 129 cm³/mol. The first-order valence-electron chi connectivity index (χ1n) is 10.5. The van der Waals surface area contributed by atoms with Gasteiger partial charge < -0.3 is 20.6 Å². The Morgan fingerprint density at radius 1 is 1.12 bits per heavy atom. The van der Waals surface area contributed by atoms with Crippen molar-refractivity contribution in [3.63, 3.8) is 0 Å². The highest BCUT2D eigenvalue weighted by atomic mass is 16.1. The maximum atomic E-state index is 12.6. The van der Waals surface area contributed by atoms with Crippen LogP contribution in [0.5, 0.6) is 0 Å². The van der Waals surface area contributed by atoms with Crippen molar-refractivity contribution in [3.05, 3.63) is 72.6 Å². The van der Waals surface area contributed by atoms with Crippen LogP contribution in [0.1, 0.15) is 23.7 Å². The van der Waals surface area contributed by atoms with Crippen LogP contribution >= 0.6 is 0 Å². The Balaban J connectivity index is 1.46. The number of rotatable bonds is 8. The quantitative estimate of drug-likeness (QED) is 0.275. The molecule has 0 amide bonds. The fourth-order valence-corrected chi connectivity index (χ4v) is 3.37. The fraction of sp³-hybridized carbons (Fsp3) is 0.200. The highest BCUT2D eigenvalue weighted by molar-refractivity contribution is 6.45. The van der Waals surface area contributed by atoms with Crippen LogP contribution < -0.4 is 5.32 Å². The van der Waals surface area contributed by atoms with Gasteiger partial charge in [-0.2, -0.15) is 0 Å². The van der Waals surface area contributed by atoms with E-state index in [9.17, 15) is 4.79 Å². The molecular formula is C25H26N6O. The van der Waals surface area contributed by atoms with Gasteiger partial charge in [0, 0.05) is 34.6 Å². The summed E-state index contributed by atoms with van der Waals surface area (Å²) in [6.45, 7) is 2.00. The van der Waals surface area contributed by atoms with E-state index in [1.54, 1.807) is 24.5 Å². The molecule has 0 unspecified atom stereocenters. The Bertz CT molecular complexity index is 1230. The molecule has 4 aromatic rings. The van der Waals surface area contributed by atoms with Crippen LogP contribution in [0.25, 0.3) is 22.3 Å². The number of ketones is 1. The zero-order chi connectivity index (χ0) is 22.7. The van der Waals surface area contributed by atoms with Gasteiger partial charge in [-0.3, -0.25) is 9.78 Å². The number of para-hydroxylation sites is 1. The van der Waals surface area contributed by atoms with E-state index < -0.39 is 0 Å². The number of carbonyl (C=O) groups excluding carboxylic acids is 1. The second-order valence-corrected chi connectivity index (χ2v) is 8.09. The molecule has 2 aromatic heterocycles. The third-order valence-corrected chi connectivity index (χ3v) is 5.52. The molecule has 0 aliphatic heterocycles. The Labute approximate surface area is 187 Å². The molecule has 1 atom stereocenters. The van der Waals surface area contributed by atoms with Gasteiger partial charge in [0.1, 0.15) is 11.5 Å². The van der Waals surface area contributed by atoms with Crippen molar-refractivity contribution in [2.24, 2.45) is 0 Å². The zero-order valence-electron chi connectivity index (χ0n) is 18.4. The number of anilines is 2. The predicted octanol–water partition coefficient (Wildman–Crippen LogP) is 4.91. The van der Waals surface area contributed by atoms with Crippen molar-refractivity contribution >= 4 is 33.9 Å². The summed E-state index contributed by atoms with van der Waals surface area (Å²) in [5, 5.41) is 12.5. The lowest BCUT2D eigenvalue weighted by Gasteiger charge is -2.19. The normalized spacial score (nSPS) is 12.1. The third kappa shape index (κ3) is 4.73. The van der Waals surface area contributed by atoms with Crippen molar-refractivity contribution < 1.29 is 4.79 Å². The van der Waals surface area contributed by atoms with Gasteiger partial charge in [-0.1, -0.05) is 18.2 Å². The second kappa shape index (κ2) is 9.11. The summed E-state index contributed by atoms with van der Waals surface area (Å²) in [6.07, 6.45) is 3.80. The first-order valence-corrected chi connectivity index (χ1v) is 10.5. The highest BCUT2D eigenvalue weighted by Crippen LogP contribution is 2.24.